The van der Waals surface area contributed by atoms with Crippen molar-refractivity contribution in [2.45, 2.75) is 20.3 Å². The predicted octanol–water partition coefficient (Wildman–Crippen LogP) is 8.22. The average Bonchev–Trinajstić information content (AvgIpc) is 2.77. The van der Waals surface area contributed by atoms with E-state index in [4.69, 9.17) is 34.3 Å². The molecule has 2 aromatic carbocycles. The molecule has 0 bridgehead atoms. The van der Waals surface area contributed by atoms with Crippen LogP contribution in [0.4, 0.5) is 10.1 Å². The Labute approximate surface area is 203 Å². The predicted molar refractivity (Wildman–Crippen MR) is 140 cm³/mol. The number of benzene rings is 2. The molecule has 0 aliphatic rings. The van der Waals surface area contributed by atoms with Gasteiger partial charge in [0, 0.05) is 11.9 Å². The molecule has 1 heterocycles. The summed E-state index contributed by atoms with van der Waals surface area (Å²) in [5, 5.41) is 8.34. The molecule has 0 radical (unpaired) electrons. The highest BCUT2D eigenvalue weighted by molar-refractivity contribution is 6.35. The second-order valence-corrected chi connectivity index (χ2v) is 8.45. The highest BCUT2D eigenvalue weighted by Crippen LogP contribution is 2.37. The van der Waals surface area contributed by atoms with Crippen molar-refractivity contribution in [2.24, 2.45) is 0 Å². The van der Waals surface area contributed by atoms with Crippen LogP contribution >= 0.6 is 23.2 Å². The van der Waals surface area contributed by atoms with Crippen LogP contribution in [0.25, 0.3) is 17.2 Å². The zero-order valence-corrected chi connectivity index (χ0v) is 19.9. The van der Waals surface area contributed by atoms with Crippen LogP contribution < -0.4 is 5.73 Å². The third kappa shape index (κ3) is 5.78. The van der Waals surface area contributed by atoms with Gasteiger partial charge in [0.05, 0.1) is 21.3 Å². The minimum Gasteiger partial charge on any atom is -0.398 e. The number of anilines is 1. The van der Waals surface area contributed by atoms with Crippen LogP contribution in [-0.2, 0) is 0 Å². The SMILES string of the molecule is C=C(C)/C=C/c1ccc(/C(=C(/CC)c2ncc(Cl)cc2Cl)c2ccc(N)c(C(=N)F)c2)cc1. The number of nitrogen functional groups attached to an aromatic ring is 1. The van der Waals surface area contributed by atoms with Crippen molar-refractivity contribution >= 4 is 52.1 Å². The first-order valence-electron chi connectivity index (χ1n) is 10.3. The molecular formula is C27H24Cl2FN3. The number of halogens is 3. The van der Waals surface area contributed by atoms with E-state index < -0.39 is 5.97 Å². The topological polar surface area (TPSA) is 62.8 Å². The molecule has 168 valence electrons. The first-order chi connectivity index (χ1) is 15.7. The van der Waals surface area contributed by atoms with E-state index in [9.17, 15) is 4.39 Å². The highest BCUT2D eigenvalue weighted by atomic mass is 35.5. The van der Waals surface area contributed by atoms with Crippen molar-refractivity contribution in [1.82, 2.24) is 4.98 Å². The largest absolute Gasteiger partial charge is 0.398 e. The Bertz CT molecular complexity index is 1280. The van der Waals surface area contributed by atoms with Crippen LogP contribution in [-0.4, -0.2) is 10.9 Å². The van der Waals surface area contributed by atoms with Gasteiger partial charge >= 0.3 is 0 Å². The molecule has 0 spiro atoms. The number of hydrogen-bond acceptors (Lipinski definition) is 3. The fourth-order valence-electron chi connectivity index (χ4n) is 3.52. The van der Waals surface area contributed by atoms with Gasteiger partial charge in [-0.3, -0.25) is 10.4 Å². The van der Waals surface area contributed by atoms with E-state index in [1.165, 1.54) is 0 Å². The van der Waals surface area contributed by atoms with E-state index in [0.717, 1.165) is 27.8 Å². The lowest BCUT2D eigenvalue weighted by molar-refractivity contribution is 0.798. The van der Waals surface area contributed by atoms with Gasteiger partial charge in [0.2, 0.25) is 5.97 Å². The summed E-state index contributed by atoms with van der Waals surface area (Å²) in [7, 11) is 0. The molecule has 0 saturated heterocycles. The van der Waals surface area contributed by atoms with E-state index >= 15 is 0 Å². The summed E-state index contributed by atoms with van der Waals surface area (Å²) in [4.78, 5) is 4.48. The number of rotatable bonds is 7. The Hall–Kier alpha value is -3.21. The molecule has 0 fully saturated rings. The Balaban J connectivity index is 2.29. The van der Waals surface area contributed by atoms with Crippen molar-refractivity contribution in [1.29, 1.82) is 5.41 Å². The summed E-state index contributed by atoms with van der Waals surface area (Å²) >= 11 is 12.6. The van der Waals surface area contributed by atoms with Gasteiger partial charge in [0.15, 0.2) is 0 Å². The van der Waals surface area contributed by atoms with Gasteiger partial charge in [0.25, 0.3) is 0 Å². The normalized spacial score (nSPS) is 12.0. The van der Waals surface area contributed by atoms with Crippen LogP contribution in [0.5, 0.6) is 0 Å². The molecule has 3 nitrogen and oxygen atoms in total. The molecule has 3 N–H and O–H groups in total. The summed E-state index contributed by atoms with van der Waals surface area (Å²) in [6, 6.07) is 14.6. The molecule has 0 amide bonds. The lowest BCUT2D eigenvalue weighted by Gasteiger charge is -2.18. The molecule has 0 unspecified atom stereocenters. The molecule has 0 aliphatic carbocycles. The Morgan fingerprint density at radius 1 is 1.12 bits per heavy atom. The van der Waals surface area contributed by atoms with E-state index in [1.807, 2.05) is 56.3 Å². The van der Waals surface area contributed by atoms with Crippen LogP contribution in [0.1, 0.15) is 48.2 Å². The first kappa shape index (κ1) is 24.4. The number of nitrogens with zero attached hydrogens (tertiary/aromatic N) is 1. The van der Waals surface area contributed by atoms with Gasteiger partial charge in [-0.25, -0.2) is 0 Å². The number of pyridine rings is 1. The zero-order valence-electron chi connectivity index (χ0n) is 18.4. The first-order valence-corrected chi connectivity index (χ1v) is 11.1. The summed E-state index contributed by atoms with van der Waals surface area (Å²) in [5.74, 6) is -1.09. The number of hydrogen-bond donors (Lipinski definition) is 2. The smallest absolute Gasteiger partial charge is 0.214 e. The third-order valence-electron chi connectivity index (χ3n) is 5.09. The molecule has 1 aromatic heterocycles. The fraction of sp³-hybridized carbons (Fsp3) is 0.111. The monoisotopic (exact) mass is 479 g/mol. The maximum atomic E-state index is 13.9. The Morgan fingerprint density at radius 3 is 2.36 bits per heavy atom. The number of nitrogens with one attached hydrogen (secondary N) is 1. The summed E-state index contributed by atoms with van der Waals surface area (Å²) in [5.41, 5.74) is 12.0. The van der Waals surface area contributed by atoms with Crippen molar-refractivity contribution in [3.05, 3.63) is 111 Å². The van der Waals surface area contributed by atoms with Crippen molar-refractivity contribution < 1.29 is 4.39 Å². The van der Waals surface area contributed by atoms with Crippen molar-refractivity contribution in [3.8, 4) is 0 Å². The molecule has 33 heavy (non-hydrogen) atoms. The van der Waals surface area contributed by atoms with Crippen LogP contribution in [0.3, 0.4) is 0 Å². The van der Waals surface area contributed by atoms with Gasteiger partial charge in [0.1, 0.15) is 0 Å². The number of nitrogens with two attached hydrogens (primary N) is 1. The maximum Gasteiger partial charge on any atom is 0.214 e. The molecule has 0 atom stereocenters. The fourth-order valence-corrected chi connectivity index (χ4v) is 4.01. The zero-order chi connectivity index (χ0) is 24.1. The maximum absolute atomic E-state index is 13.9. The molecule has 3 aromatic rings. The van der Waals surface area contributed by atoms with E-state index in [-0.39, 0.29) is 11.3 Å². The van der Waals surface area contributed by atoms with Gasteiger partial charge in [-0.2, -0.15) is 4.39 Å². The lowest BCUT2D eigenvalue weighted by atomic mass is 9.88. The quantitative estimate of drug-likeness (QED) is 0.203. The standard InChI is InChI=1S/C27H24Cl2FN3/c1-4-21(26-23(29)14-20(28)15-33-26)25(19-11-12-24(31)22(13-19)27(30)32)18-9-7-17(8-10-18)6-5-16(2)3/h5-15,32H,2,4,31H2,1,3H3/b6-5+,25-21+,32-27?. The van der Waals surface area contributed by atoms with Crippen molar-refractivity contribution in [3.63, 3.8) is 0 Å². The minimum atomic E-state index is -1.09. The van der Waals surface area contributed by atoms with Gasteiger partial charge < -0.3 is 5.73 Å². The second kappa shape index (κ2) is 10.6. The van der Waals surface area contributed by atoms with Crippen LogP contribution in [0.15, 0.2) is 73.0 Å². The second-order valence-electron chi connectivity index (χ2n) is 7.61. The van der Waals surface area contributed by atoms with Gasteiger partial charge in [-0.1, -0.05) is 84.8 Å². The molecular weight excluding hydrogens is 456 g/mol. The minimum absolute atomic E-state index is 0.0385. The highest BCUT2D eigenvalue weighted by Gasteiger charge is 2.18. The van der Waals surface area contributed by atoms with Gasteiger partial charge in [-0.05, 0) is 59.4 Å². The van der Waals surface area contributed by atoms with Gasteiger partial charge in [-0.15, -0.1) is 0 Å². The van der Waals surface area contributed by atoms with Crippen LogP contribution in [0.2, 0.25) is 10.0 Å². The Kier molecular flexibility index (Phi) is 7.85. The van der Waals surface area contributed by atoms with E-state index in [2.05, 4.69) is 11.6 Å². The average molecular weight is 480 g/mol. The number of allylic oxidation sites excluding steroid dienone is 3. The molecule has 0 aliphatic heterocycles. The summed E-state index contributed by atoms with van der Waals surface area (Å²) < 4.78 is 13.9. The molecule has 3 rings (SSSR count). The van der Waals surface area contributed by atoms with E-state index in [1.54, 1.807) is 24.4 Å². The van der Waals surface area contributed by atoms with E-state index in [0.29, 0.717) is 27.7 Å². The van der Waals surface area contributed by atoms with Crippen molar-refractivity contribution in [2.75, 3.05) is 5.73 Å². The Morgan fingerprint density at radius 2 is 1.79 bits per heavy atom. The lowest BCUT2D eigenvalue weighted by Crippen LogP contribution is -2.02. The third-order valence-corrected chi connectivity index (χ3v) is 5.58. The number of aromatic nitrogens is 1. The van der Waals surface area contributed by atoms with Crippen LogP contribution in [0, 0.1) is 5.41 Å². The molecule has 0 saturated carbocycles. The molecule has 6 heteroatoms. The summed E-state index contributed by atoms with van der Waals surface area (Å²) in [6.07, 6.45) is 6.08. The summed E-state index contributed by atoms with van der Waals surface area (Å²) in [6.45, 7) is 7.82.